The zero-order valence-electron chi connectivity index (χ0n) is 16.1. The normalized spacial score (nSPS) is 13.5. The molecule has 0 atom stereocenters. The second kappa shape index (κ2) is 8.08. The molecule has 1 aliphatic rings. The number of ether oxygens (including phenoxy) is 1. The highest BCUT2D eigenvalue weighted by atomic mass is 16.5. The van der Waals surface area contributed by atoms with Crippen LogP contribution < -0.4 is 0 Å². The Morgan fingerprint density at radius 3 is 2.23 bits per heavy atom. The Kier molecular flexibility index (Phi) is 5.17. The summed E-state index contributed by atoms with van der Waals surface area (Å²) in [5, 5.41) is 11.2. The zero-order chi connectivity index (χ0) is 21.1. The molecule has 0 aliphatic carbocycles. The van der Waals surface area contributed by atoms with Gasteiger partial charge in [-0.1, -0.05) is 42.5 Å². The number of aryl methyl sites for hydroxylation is 1. The molecule has 3 aromatic rings. The Morgan fingerprint density at radius 1 is 1.00 bits per heavy atom. The molecule has 1 aromatic heterocycles. The summed E-state index contributed by atoms with van der Waals surface area (Å²) in [7, 11) is 0. The van der Waals surface area contributed by atoms with Gasteiger partial charge in [0.15, 0.2) is 11.5 Å². The summed E-state index contributed by atoms with van der Waals surface area (Å²) in [6, 6.07) is 15.8. The topological polar surface area (TPSA) is 107 Å². The summed E-state index contributed by atoms with van der Waals surface area (Å²) < 4.78 is 6.62. The zero-order valence-corrected chi connectivity index (χ0v) is 16.1. The van der Waals surface area contributed by atoms with E-state index in [0.717, 1.165) is 10.5 Å². The number of benzene rings is 2. The molecule has 30 heavy (non-hydrogen) atoms. The van der Waals surface area contributed by atoms with Gasteiger partial charge in [-0.2, -0.15) is 4.68 Å². The number of tetrazole rings is 1. The molecule has 150 valence electrons. The van der Waals surface area contributed by atoms with Gasteiger partial charge in [0.05, 0.1) is 17.7 Å². The van der Waals surface area contributed by atoms with E-state index >= 15 is 0 Å². The fraction of sp³-hybridized carbons (Fsp3) is 0.143. The molecular formula is C21H17N5O4. The highest BCUT2D eigenvalue weighted by molar-refractivity contribution is 6.21. The van der Waals surface area contributed by atoms with Crippen molar-refractivity contribution in [2.75, 3.05) is 13.2 Å². The number of imide groups is 1. The Bertz CT molecular complexity index is 1120. The van der Waals surface area contributed by atoms with Crippen LogP contribution in [0, 0.1) is 6.92 Å². The molecular weight excluding hydrogens is 386 g/mol. The van der Waals surface area contributed by atoms with Crippen LogP contribution in [0.15, 0.2) is 54.6 Å². The lowest BCUT2D eigenvalue weighted by Gasteiger charge is -2.14. The largest absolute Gasteiger partial charge is 0.459 e. The molecule has 0 bridgehead atoms. The maximum absolute atomic E-state index is 12.8. The van der Waals surface area contributed by atoms with Crippen LogP contribution in [0.4, 0.5) is 0 Å². The Balaban J connectivity index is 1.48. The summed E-state index contributed by atoms with van der Waals surface area (Å²) in [6.45, 7) is 1.45. The second-order valence-corrected chi connectivity index (χ2v) is 6.52. The smallest absolute Gasteiger partial charge is 0.357 e. The minimum atomic E-state index is -0.675. The number of carbonyl (C=O) groups excluding carboxylic acids is 3. The molecule has 2 heterocycles. The highest BCUT2D eigenvalue weighted by Gasteiger charge is 2.35. The third kappa shape index (κ3) is 3.60. The second-order valence-electron chi connectivity index (χ2n) is 6.52. The summed E-state index contributed by atoms with van der Waals surface area (Å²) in [5.74, 6) is -1.06. The van der Waals surface area contributed by atoms with Gasteiger partial charge in [-0.25, -0.2) is 4.79 Å². The predicted octanol–water partition coefficient (Wildman–Crippen LogP) is 1.82. The number of hydrogen-bond donors (Lipinski definition) is 0. The van der Waals surface area contributed by atoms with Crippen molar-refractivity contribution < 1.29 is 19.1 Å². The molecule has 0 radical (unpaired) electrons. The van der Waals surface area contributed by atoms with Gasteiger partial charge in [0.1, 0.15) is 6.61 Å². The monoisotopic (exact) mass is 403 g/mol. The lowest BCUT2D eigenvalue weighted by atomic mass is 10.1. The number of fused-ring (bicyclic) bond motifs is 1. The number of carbonyl (C=O) groups is 3. The fourth-order valence-corrected chi connectivity index (χ4v) is 3.11. The fourth-order valence-electron chi connectivity index (χ4n) is 3.11. The van der Waals surface area contributed by atoms with Crippen LogP contribution in [0.2, 0.25) is 0 Å². The average molecular weight is 403 g/mol. The Morgan fingerprint density at radius 2 is 1.63 bits per heavy atom. The number of esters is 1. The first-order valence-corrected chi connectivity index (χ1v) is 9.20. The number of aromatic nitrogens is 4. The summed E-state index contributed by atoms with van der Waals surface area (Å²) >= 11 is 0. The minimum Gasteiger partial charge on any atom is -0.459 e. The van der Waals surface area contributed by atoms with Gasteiger partial charge in [-0.3, -0.25) is 14.5 Å². The standard InChI is InChI=1S/C21H17N5O4/c1-14-22-23-24-26(14)18(13-15-7-3-2-4-8-15)21(29)30-12-11-25-19(27)16-9-5-6-10-17(16)20(25)28/h2-10,13H,11-12H2,1H3/b18-13-. The summed E-state index contributed by atoms with van der Waals surface area (Å²) in [4.78, 5) is 38.7. The quantitative estimate of drug-likeness (QED) is 0.351. The van der Waals surface area contributed by atoms with Gasteiger partial charge < -0.3 is 4.74 Å². The van der Waals surface area contributed by atoms with Crippen LogP contribution in [-0.2, 0) is 9.53 Å². The van der Waals surface area contributed by atoms with Crippen LogP contribution >= 0.6 is 0 Å². The van der Waals surface area contributed by atoms with Crippen molar-refractivity contribution in [2.24, 2.45) is 0 Å². The van der Waals surface area contributed by atoms with Gasteiger partial charge in [0.2, 0.25) is 0 Å². The van der Waals surface area contributed by atoms with Crippen LogP contribution in [0.5, 0.6) is 0 Å². The third-order valence-electron chi connectivity index (χ3n) is 4.59. The van der Waals surface area contributed by atoms with Crippen LogP contribution in [-0.4, -0.2) is 56.0 Å². The van der Waals surface area contributed by atoms with E-state index in [1.807, 2.05) is 30.3 Å². The molecule has 0 unspecified atom stereocenters. The van der Waals surface area contributed by atoms with Gasteiger partial charge in [0.25, 0.3) is 11.8 Å². The van der Waals surface area contributed by atoms with Gasteiger partial charge in [0, 0.05) is 0 Å². The maximum Gasteiger partial charge on any atom is 0.357 e. The Labute approximate surface area is 171 Å². The van der Waals surface area contributed by atoms with E-state index in [-0.39, 0.29) is 18.8 Å². The minimum absolute atomic E-state index is 0.0503. The molecule has 0 saturated carbocycles. The van der Waals surface area contributed by atoms with Crippen molar-refractivity contribution in [1.29, 1.82) is 0 Å². The van der Waals surface area contributed by atoms with Crippen LogP contribution in [0.3, 0.4) is 0 Å². The molecule has 1 aliphatic heterocycles. The molecule has 4 rings (SSSR count). The molecule has 9 heteroatoms. The van der Waals surface area contributed by atoms with Crippen molar-refractivity contribution >= 4 is 29.6 Å². The van der Waals surface area contributed by atoms with Crippen molar-refractivity contribution in [2.45, 2.75) is 6.92 Å². The number of hydrogen-bond acceptors (Lipinski definition) is 7. The third-order valence-corrected chi connectivity index (χ3v) is 4.59. The van der Waals surface area contributed by atoms with Crippen molar-refractivity contribution in [1.82, 2.24) is 25.1 Å². The molecule has 0 N–H and O–H groups in total. The lowest BCUT2D eigenvalue weighted by molar-refractivity contribution is -0.137. The Hall–Kier alpha value is -4.14. The van der Waals surface area contributed by atoms with Gasteiger partial charge in [-0.15, -0.1) is 5.10 Å². The first kappa shape index (κ1) is 19.2. The summed E-state index contributed by atoms with van der Waals surface area (Å²) in [6.07, 6.45) is 1.60. The molecule has 9 nitrogen and oxygen atoms in total. The number of rotatable bonds is 6. The van der Waals surface area contributed by atoms with E-state index in [1.165, 1.54) is 4.68 Å². The van der Waals surface area contributed by atoms with Crippen molar-refractivity contribution in [3.63, 3.8) is 0 Å². The first-order valence-electron chi connectivity index (χ1n) is 9.20. The van der Waals surface area contributed by atoms with Crippen LogP contribution in [0.25, 0.3) is 11.8 Å². The van der Waals surface area contributed by atoms with E-state index in [2.05, 4.69) is 15.5 Å². The van der Waals surface area contributed by atoms with Gasteiger partial charge in [-0.05, 0) is 41.1 Å². The molecule has 2 amide bonds. The SMILES string of the molecule is Cc1nnnn1/C(=C\c1ccccc1)C(=O)OCCN1C(=O)c2ccccc2C1=O. The molecule has 2 aromatic carbocycles. The van der Waals surface area contributed by atoms with E-state index in [1.54, 1.807) is 37.3 Å². The number of nitrogens with zero attached hydrogens (tertiary/aromatic N) is 5. The van der Waals surface area contributed by atoms with E-state index in [9.17, 15) is 14.4 Å². The van der Waals surface area contributed by atoms with E-state index < -0.39 is 17.8 Å². The van der Waals surface area contributed by atoms with Crippen molar-refractivity contribution in [3.8, 4) is 0 Å². The highest BCUT2D eigenvalue weighted by Crippen LogP contribution is 2.22. The average Bonchev–Trinajstić information content (AvgIpc) is 3.29. The van der Waals surface area contributed by atoms with Crippen molar-refractivity contribution in [3.05, 3.63) is 77.1 Å². The lowest BCUT2D eigenvalue weighted by Crippen LogP contribution is -2.33. The van der Waals surface area contributed by atoms with E-state index in [0.29, 0.717) is 17.0 Å². The maximum atomic E-state index is 12.8. The van der Waals surface area contributed by atoms with E-state index in [4.69, 9.17) is 4.74 Å². The summed E-state index contributed by atoms with van der Waals surface area (Å²) in [5.41, 5.74) is 1.58. The molecule has 0 fully saturated rings. The van der Waals surface area contributed by atoms with Gasteiger partial charge >= 0.3 is 5.97 Å². The van der Waals surface area contributed by atoms with Crippen LogP contribution in [0.1, 0.15) is 32.1 Å². The number of amides is 2. The first-order chi connectivity index (χ1) is 14.6. The molecule has 0 spiro atoms. The predicted molar refractivity (Wildman–Crippen MR) is 106 cm³/mol. The molecule has 0 saturated heterocycles.